The summed E-state index contributed by atoms with van der Waals surface area (Å²) in [5, 5.41) is 14.0. The van der Waals surface area contributed by atoms with E-state index in [-0.39, 0.29) is 17.7 Å². The second kappa shape index (κ2) is 8.90. The first-order valence-electron chi connectivity index (χ1n) is 10.2. The van der Waals surface area contributed by atoms with E-state index in [0.717, 1.165) is 24.0 Å². The number of hydrogen-bond acceptors (Lipinski definition) is 5. The Morgan fingerprint density at radius 3 is 2.63 bits per heavy atom. The second-order valence-corrected chi connectivity index (χ2v) is 7.56. The molecule has 4 rings (SSSR count). The first-order valence-corrected chi connectivity index (χ1v) is 10.2. The molecule has 7 heteroatoms. The summed E-state index contributed by atoms with van der Waals surface area (Å²) in [5.74, 6) is 1.09. The van der Waals surface area contributed by atoms with E-state index in [9.17, 15) is 9.59 Å². The normalized spacial score (nSPS) is 13.1. The fourth-order valence-electron chi connectivity index (χ4n) is 3.09. The van der Waals surface area contributed by atoms with Gasteiger partial charge in [-0.25, -0.2) is 0 Å². The fraction of sp³-hybridized carbons (Fsp3) is 0.304. The van der Waals surface area contributed by atoms with Crippen molar-refractivity contribution >= 4 is 23.2 Å². The zero-order chi connectivity index (χ0) is 20.9. The van der Waals surface area contributed by atoms with Crippen molar-refractivity contribution in [2.45, 2.75) is 39.0 Å². The van der Waals surface area contributed by atoms with Crippen molar-refractivity contribution in [1.82, 2.24) is 10.2 Å². The van der Waals surface area contributed by atoms with E-state index in [1.165, 1.54) is 0 Å². The standard InChI is InChI=1S/C23H24N4O3/c1-15-10-13-18(24-22(29)16-11-12-16)14-19(15)25-20(28)8-5-9-21-26-27-23(30-21)17-6-3-2-4-7-17/h2-4,6-7,10,13-14,16H,5,8-9,11-12H2,1H3,(H,24,29)(H,25,28). The molecule has 0 atom stereocenters. The lowest BCUT2D eigenvalue weighted by molar-refractivity contribution is -0.117. The van der Waals surface area contributed by atoms with Crippen LogP contribution in [-0.2, 0) is 16.0 Å². The summed E-state index contributed by atoms with van der Waals surface area (Å²) < 4.78 is 5.67. The lowest BCUT2D eigenvalue weighted by Crippen LogP contribution is -2.15. The zero-order valence-corrected chi connectivity index (χ0v) is 16.9. The highest BCUT2D eigenvalue weighted by atomic mass is 16.4. The number of hydrogen-bond donors (Lipinski definition) is 2. The van der Waals surface area contributed by atoms with Gasteiger partial charge in [0, 0.05) is 35.7 Å². The average molecular weight is 404 g/mol. The van der Waals surface area contributed by atoms with Crippen LogP contribution in [-0.4, -0.2) is 22.0 Å². The molecule has 1 aromatic heterocycles. The van der Waals surface area contributed by atoms with Gasteiger partial charge in [-0.15, -0.1) is 10.2 Å². The number of amides is 2. The van der Waals surface area contributed by atoms with E-state index in [4.69, 9.17) is 4.42 Å². The molecular weight excluding hydrogens is 380 g/mol. The van der Waals surface area contributed by atoms with Crippen LogP contribution in [0.1, 0.15) is 37.1 Å². The van der Waals surface area contributed by atoms with Crippen LogP contribution in [0.15, 0.2) is 52.9 Å². The molecule has 0 radical (unpaired) electrons. The number of carbonyl (C=O) groups is 2. The van der Waals surface area contributed by atoms with Gasteiger partial charge in [-0.2, -0.15) is 0 Å². The number of anilines is 2. The van der Waals surface area contributed by atoms with E-state index in [2.05, 4.69) is 20.8 Å². The highest BCUT2D eigenvalue weighted by Gasteiger charge is 2.29. The third-order valence-electron chi connectivity index (χ3n) is 5.01. The van der Waals surface area contributed by atoms with Crippen molar-refractivity contribution < 1.29 is 14.0 Å². The summed E-state index contributed by atoms with van der Waals surface area (Å²) in [6.45, 7) is 1.92. The van der Waals surface area contributed by atoms with Crippen molar-refractivity contribution in [2.75, 3.05) is 10.6 Å². The van der Waals surface area contributed by atoms with Crippen LogP contribution in [0, 0.1) is 12.8 Å². The summed E-state index contributed by atoms with van der Waals surface area (Å²) in [7, 11) is 0. The molecule has 2 aromatic carbocycles. The predicted octanol–water partition coefficient (Wildman–Crippen LogP) is 4.35. The topological polar surface area (TPSA) is 97.1 Å². The lowest BCUT2D eigenvalue weighted by atomic mass is 10.1. The molecule has 2 amide bonds. The molecule has 0 unspecified atom stereocenters. The highest BCUT2D eigenvalue weighted by molar-refractivity contribution is 5.96. The van der Waals surface area contributed by atoms with Gasteiger partial charge in [0.1, 0.15) is 0 Å². The maximum absolute atomic E-state index is 12.4. The van der Waals surface area contributed by atoms with E-state index < -0.39 is 0 Å². The number of benzene rings is 2. The van der Waals surface area contributed by atoms with Gasteiger partial charge in [-0.1, -0.05) is 24.3 Å². The largest absolute Gasteiger partial charge is 0.421 e. The third-order valence-corrected chi connectivity index (χ3v) is 5.01. The minimum Gasteiger partial charge on any atom is -0.421 e. The van der Waals surface area contributed by atoms with Crippen molar-refractivity contribution in [3.63, 3.8) is 0 Å². The minimum atomic E-state index is -0.0911. The third kappa shape index (κ3) is 5.11. The summed E-state index contributed by atoms with van der Waals surface area (Å²) in [6.07, 6.45) is 3.37. The molecular formula is C23H24N4O3. The van der Waals surface area contributed by atoms with Crippen molar-refractivity contribution in [3.8, 4) is 11.5 Å². The molecule has 7 nitrogen and oxygen atoms in total. The summed E-state index contributed by atoms with van der Waals surface area (Å²) >= 11 is 0. The van der Waals surface area contributed by atoms with Crippen LogP contribution in [0.2, 0.25) is 0 Å². The van der Waals surface area contributed by atoms with E-state index in [1.54, 1.807) is 6.07 Å². The van der Waals surface area contributed by atoms with Crippen molar-refractivity contribution in [3.05, 3.63) is 60.0 Å². The molecule has 0 saturated heterocycles. The number of nitrogens with zero attached hydrogens (tertiary/aromatic N) is 2. The Morgan fingerprint density at radius 1 is 1.07 bits per heavy atom. The Bertz CT molecular complexity index is 1040. The van der Waals surface area contributed by atoms with Crippen molar-refractivity contribution in [2.24, 2.45) is 5.92 Å². The van der Waals surface area contributed by atoms with Gasteiger partial charge in [-0.05, 0) is 56.0 Å². The fourth-order valence-corrected chi connectivity index (χ4v) is 3.09. The Balaban J connectivity index is 1.28. The SMILES string of the molecule is Cc1ccc(NC(=O)C2CC2)cc1NC(=O)CCCc1nnc(-c2ccccc2)o1. The predicted molar refractivity (Wildman–Crippen MR) is 114 cm³/mol. The Hall–Kier alpha value is -3.48. The molecule has 0 spiro atoms. The van der Waals surface area contributed by atoms with E-state index >= 15 is 0 Å². The highest BCUT2D eigenvalue weighted by Crippen LogP contribution is 2.31. The maximum Gasteiger partial charge on any atom is 0.247 e. The second-order valence-electron chi connectivity index (χ2n) is 7.56. The van der Waals surface area contributed by atoms with Gasteiger partial charge in [0.15, 0.2) is 0 Å². The molecule has 1 fully saturated rings. The number of carbonyl (C=O) groups excluding carboxylic acids is 2. The smallest absolute Gasteiger partial charge is 0.247 e. The molecule has 0 bridgehead atoms. The van der Waals surface area contributed by atoms with E-state index in [1.807, 2.05) is 49.4 Å². The quantitative estimate of drug-likeness (QED) is 0.582. The van der Waals surface area contributed by atoms with Crippen LogP contribution in [0.3, 0.4) is 0 Å². The summed E-state index contributed by atoms with van der Waals surface area (Å²) in [6, 6.07) is 15.1. The number of nitrogens with one attached hydrogen (secondary N) is 2. The molecule has 1 heterocycles. The van der Waals surface area contributed by atoms with Crippen LogP contribution in [0.4, 0.5) is 11.4 Å². The van der Waals surface area contributed by atoms with Crippen LogP contribution < -0.4 is 10.6 Å². The first-order chi connectivity index (χ1) is 14.6. The Kier molecular flexibility index (Phi) is 5.88. The lowest BCUT2D eigenvalue weighted by Gasteiger charge is -2.11. The molecule has 2 N–H and O–H groups in total. The maximum atomic E-state index is 12.4. The number of aryl methyl sites for hydroxylation is 2. The molecule has 3 aromatic rings. The van der Waals surface area contributed by atoms with Gasteiger partial charge in [0.25, 0.3) is 0 Å². The van der Waals surface area contributed by atoms with Gasteiger partial charge >= 0.3 is 0 Å². The van der Waals surface area contributed by atoms with Crippen LogP contribution in [0.5, 0.6) is 0 Å². The molecule has 0 aliphatic heterocycles. The van der Waals surface area contributed by atoms with Gasteiger partial charge in [0.2, 0.25) is 23.6 Å². The Labute approximate surface area is 174 Å². The van der Waals surface area contributed by atoms with Gasteiger partial charge in [0.05, 0.1) is 0 Å². The van der Waals surface area contributed by atoms with Crippen LogP contribution in [0.25, 0.3) is 11.5 Å². The molecule has 30 heavy (non-hydrogen) atoms. The van der Waals surface area contributed by atoms with Gasteiger partial charge < -0.3 is 15.1 Å². The van der Waals surface area contributed by atoms with Gasteiger partial charge in [-0.3, -0.25) is 9.59 Å². The molecule has 1 saturated carbocycles. The first kappa shape index (κ1) is 19.8. The zero-order valence-electron chi connectivity index (χ0n) is 16.9. The average Bonchev–Trinajstić information content (AvgIpc) is 3.50. The number of aromatic nitrogens is 2. The summed E-state index contributed by atoms with van der Waals surface area (Å²) in [5.41, 5.74) is 3.22. The van der Waals surface area contributed by atoms with E-state index in [0.29, 0.717) is 42.4 Å². The molecule has 1 aliphatic carbocycles. The Morgan fingerprint density at radius 2 is 1.87 bits per heavy atom. The monoisotopic (exact) mass is 404 g/mol. The minimum absolute atomic E-state index is 0.0468. The molecule has 154 valence electrons. The number of rotatable bonds is 8. The van der Waals surface area contributed by atoms with Crippen LogP contribution >= 0.6 is 0 Å². The summed E-state index contributed by atoms with van der Waals surface area (Å²) in [4.78, 5) is 24.3. The van der Waals surface area contributed by atoms with Crippen molar-refractivity contribution in [1.29, 1.82) is 0 Å². The molecule has 1 aliphatic rings.